The third-order valence-electron chi connectivity index (χ3n) is 4.79. The first-order valence-electron chi connectivity index (χ1n) is 7.90. The van der Waals surface area contributed by atoms with E-state index in [-0.39, 0.29) is 24.4 Å². The third kappa shape index (κ3) is 3.29. The monoisotopic (exact) mass is 337 g/mol. The number of carboxylic acids is 1. The molecule has 3 unspecified atom stereocenters. The maximum Gasteiger partial charge on any atom is 0.308 e. The Balaban J connectivity index is 1.74. The molecule has 0 saturated carbocycles. The molecule has 6 heteroatoms. The summed E-state index contributed by atoms with van der Waals surface area (Å²) in [5.74, 6) is -0.827. The molecule has 1 fully saturated rings. The van der Waals surface area contributed by atoms with Gasteiger partial charge in [-0.25, -0.2) is 0 Å². The predicted molar refractivity (Wildman–Crippen MR) is 85.7 cm³/mol. The van der Waals surface area contributed by atoms with E-state index in [1.807, 2.05) is 19.1 Å². The second-order valence-corrected chi connectivity index (χ2v) is 6.85. The molecule has 0 bridgehead atoms. The number of piperidine rings is 1. The summed E-state index contributed by atoms with van der Waals surface area (Å²) in [7, 11) is 0. The van der Waals surface area contributed by atoms with Crippen molar-refractivity contribution in [1.82, 2.24) is 4.90 Å². The van der Waals surface area contributed by atoms with Gasteiger partial charge in [0.05, 0.1) is 11.8 Å². The smallest absolute Gasteiger partial charge is 0.308 e. The normalized spacial score (nSPS) is 27.0. The van der Waals surface area contributed by atoms with Crippen LogP contribution in [-0.2, 0) is 16.0 Å². The van der Waals surface area contributed by atoms with E-state index in [0.29, 0.717) is 24.5 Å². The van der Waals surface area contributed by atoms with Crippen LogP contribution in [0.4, 0.5) is 0 Å². The maximum atomic E-state index is 12.8. The molecule has 0 aliphatic carbocycles. The number of amides is 1. The first kappa shape index (κ1) is 16.1. The van der Waals surface area contributed by atoms with E-state index in [4.69, 9.17) is 16.3 Å². The van der Waals surface area contributed by atoms with Crippen molar-refractivity contribution < 1.29 is 19.4 Å². The highest BCUT2D eigenvalue weighted by molar-refractivity contribution is 6.30. The number of carbonyl (C=O) groups excluding carboxylic acids is 1. The van der Waals surface area contributed by atoms with Crippen molar-refractivity contribution in [2.75, 3.05) is 13.2 Å². The quantitative estimate of drug-likeness (QED) is 0.900. The Labute approximate surface area is 140 Å². The minimum atomic E-state index is -0.827. The van der Waals surface area contributed by atoms with Gasteiger partial charge in [0.1, 0.15) is 12.4 Å². The summed E-state index contributed by atoms with van der Waals surface area (Å²) in [5.41, 5.74) is 0.932. The van der Waals surface area contributed by atoms with Crippen molar-refractivity contribution in [3.8, 4) is 5.75 Å². The number of aliphatic carboxylic acids is 1. The predicted octanol–water partition coefficient (Wildman–Crippen LogP) is 2.60. The highest BCUT2D eigenvalue weighted by Gasteiger charge is 2.37. The van der Waals surface area contributed by atoms with Crippen molar-refractivity contribution in [2.24, 2.45) is 11.8 Å². The number of nitrogens with zero attached hydrogens (tertiary/aromatic N) is 1. The Morgan fingerprint density at radius 2 is 2.09 bits per heavy atom. The van der Waals surface area contributed by atoms with Crippen LogP contribution in [-0.4, -0.2) is 41.1 Å². The zero-order chi connectivity index (χ0) is 16.6. The van der Waals surface area contributed by atoms with Gasteiger partial charge in [-0.3, -0.25) is 9.59 Å². The van der Waals surface area contributed by atoms with Crippen molar-refractivity contribution in [3.63, 3.8) is 0 Å². The molecule has 3 atom stereocenters. The molecule has 0 spiro atoms. The topological polar surface area (TPSA) is 66.8 Å². The molecule has 5 nitrogen and oxygen atoms in total. The number of halogens is 1. The fourth-order valence-corrected chi connectivity index (χ4v) is 3.57. The Bertz CT molecular complexity index is 633. The molecule has 23 heavy (non-hydrogen) atoms. The van der Waals surface area contributed by atoms with Gasteiger partial charge in [0, 0.05) is 17.6 Å². The highest BCUT2D eigenvalue weighted by atomic mass is 35.5. The summed E-state index contributed by atoms with van der Waals surface area (Å²) in [4.78, 5) is 25.8. The van der Waals surface area contributed by atoms with E-state index in [9.17, 15) is 14.7 Å². The average Bonchev–Trinajstić information content (AvgIpc) is 2.53. The van der Waals surface area contributed by atoms with Gasteiger partial charge in [-0.05, 0) is 49.9 Å². The number of hydrogen-bond acceptors (Lipinski definition) is 3. The first-order chi connectivity index (χ1) is 11.0. The molecule has 1 aromatic rings. The van der Waals surface area contributed by atoms with Gasteiger partial charge < -0.3 is 14.7 Å². The van der Waals surface area contributed by atoms with E-state index >= 15 is 0 Å². The van der Waals surface area contributed by atoms with Crippen LogP contribution in [0.15, 0.2) is 18.2 Å². The van der Waals surface area contributed by atoms with Crippen molar-refractivity contribution in [1.29, 1.82) is 0 Å². The fourth-order valence-electron chi connectivity index (χ4n) is 3.37. The Morgan fingerprint density at radius 1 is 1.30 bits per heavy atom. The fraction of sp³-hybridized carbons (Fsp3) is 0.529. The Kier molecular flexibility index (Phi) is 4.48. The van der Waals surface area contributed by atoms with Gasteiger partial charge in [0.2, 0.25) is 5.91 Å². The maximum absolute atomic E-state index is 12.8. The number of hydrogen-bond donors (Lipinski definition) is 1. The molecule has 1 amide bonds. The summed E-state index contributed by atoms with van der Waals surface area (Å²) < 4.78 is 5.69. The molecular weight excluding hydrogens is 318 g/mol. The number of carboxylic acid groups (broad SMARTS) is 1. The van der Waals surface area contributed by atoms with E-state index in [1.165, 1.54) is 0 Å². The van der Waals surface area contributed by atoms with E-state index < -0.39 is 11.9 Å². The summed E-state index contributed by atoms with van der Waals surface area (Å²) in [6.45, 7) is 2.59. The lowest BCUT2D eigenvalue weighted by Crippen LogP contribution is -2.51. The van der Waals surface area contributed by atoms with Gasteiger partial charge >= 0.3 is 5.97 Å². The molecule has 3 rings (SSSR count). The van der Waals surface area contributed by atoms with Crippen LogP contribution in [0, 0.1) is 11.8 Å². The molecule has 0 aromatic heterocycles. The number of ether oxygens (including phenoxy) is 1. The summed E-state index contributed by atoms with van der Waals surface area (Å²) in [5, 5.41) is 9.84. The summed E-state index contributed by atoms with van der Waals surface area (Å²) in [6.07, 6.45) is 1.92. The van der Waals surface area contributed by atoms with Crippen LogP contribution < -0.4 is 4.74 Å². The molecule has 2 aliphatic rings. The lowest BCUT2D eigenvalue weighted by molar-refractivity contribution is -0.149. The average molecular weight is 338 g/mol. The number of benzene rings is 1. The number of rotatable bonds is 2. The number of carbonyl (C=O) groups is 2. The van der Waals surface area contributed by atoms with Gasteiger partial charge in [0.25, 0.3) is 0 Å². The molecule has 0 radical (unpaired) electrons. The molecule has 1 N–H and O–H groups in total. The Hall–Kier alpha value is -1.75. The molecule has 1 aromatic carbocycles. The second-order valence-electron chi connectivity index (χ2n) is 6.42. The first-order valence-corrected chi connectivity index (χ1v) is 8.28. The zero-order valence-electron chi connectivity index (χ0n) is 13.0. The van der Waals surface area contributed by atoms with Gasteiger partial charge in [-0.15, -0.1) is 0 Å². The van der Waals surface area contributed by atoms with Crippen LogP contribution in [0.1, 0.15) is 25.3 Å². The molecule has 2 aliphatic heterocycles. The van der Waals surface area contributed by atoms with Gasteiger partial charge in [-0.2, -0.15) is 0 Å². The highest BCUT2D eigenvalue weighted by Crippen LogP contribution is 2.32. The van der Waals surface area contributed by atoms with Crippen LogP contribution in [0.5, 0.6) is 5.75 Å². The number of likely N-dealkylation sites (tertiary alicyclic amines) is 1. The lowest BCUT2D eigenvalue weighted by atomic mass is 9.90. The van der Waals surface area contributed by atoms with E-state index in [2.05, 4.69) is 0 Å². The number of fused-ring (bicyclic) bond motifs is 1. The second kappa shape index (κ2) is 6.40. The molecule has 2 heterocycles. The molecule has 124 valence electrons. The largest absolute Gasteiger partial charge is 0.492 e. The summed E-state index contributed by atoms with van der Waals surface area (Å²) >= 11 is 6.01. The SMILES string of the molecule is CC1CCC(C(=O)O)CN1C(=O)C1COc2ccc(Cl)cc2C1. The van der Waals surface area contributed by atoms with Gasteiger partial charge in [0.15, 0.2) is 0 Å². The molecular formula is C17H20ClNO4. The van der Waals surface area contributed by atoms with Gasteiger partial charge in [-0.1, -0.05) is 11.6 Å². The van der Waals surface area contributed by atoms with Crippen LogP contribution >= 0.6 is 11.6 Å². The minimum Gasteiger partial charge on any atom is -0.492 e. The van der Waals surface area contributed by atoms with Crippen molar-refractivity contribution in [2.45, 2.75) is 32.2 Å². The standard InChI is InChI=1S/C17H20ClNO4/c1-10-2-3-11(17(21)22)8-19(10)16(20)13-6-12-7-14(18)4-5-15(12)23-9-13/h4-5,7,10-11,13H,2-3,6,8-9H2,1H3,(H,21,22). The minimum absolute atomic E-state index is 0.0194. The van der Waals surface area contributed by atoms with Crippen LogP contribution in [0.3, 0.4) is 0 Å². The zero-order valence-corrected chi connectivity index (χ0v) is 13.8. The summed E-state index contributed by atoms with van der Waals surface area (Å²) in [6, 6.07) is 5.49. The van der Waals surface area contributed by atoms with E-state index in [0.717, 1.165) is 17.7 Å². The van der Waals surface area contributed by atoms with E-state index in [1.54, 1.807) is 11.0 Å². The van der Waals surface area contributed by atoms with Crippen molar-refractivity contribution >= 4 is 23.5 Å². The van der Waals surface area contributed by atoms with Crippen LogP contribution in [0.2, 0.25) is 5.02 Å². The Morgan fingerprint density at radius 3 is 2.83 bits per heavy atom. The van der Waals surface area contributed by atoms with Crippen molar-refractivity contribution in [3.05, 3.63) is 28.8 Å². The third-order valence-corrected chi connectivity index (χ3v) is 5.03. The van der Waals surface area contributed by atoms with Crippen LogP contribution in [0.25, 0.3) is 0 Å². The molecule has 1 saturated heterocycles. The lowest BCUT2D eigenvalue weighted by Gasteiger charge is -2.39.